The molecule has 6 heteroatoms. The summed E-state index contributed by atoms with van der Waals surface area (Å²) >= 11 is 0. The van der Waals surface area contributed by atoms with Gasteiger partial charge in [-0.1, -0.05) is 6.92 Å². The van der Waals surface area contributed by atoms with Gasteiger partial charge >= 0.3 is 0 Å². The molecule has 0 radical (unpaired) electrons. The second-order valence-corrected chi connectivity index (χ2v) is 5.43. The average Bonchev–Trinajstić information content (AvgIpc) is 2.79. The van der Waals surface area contributed by atoms with Gasteiger partial charge in [-0.15, -0.1) is 0 Å². The number of nitrogens with one attached hydrogen (secondary N) is 1. The first-order valence-electron chi connectivity index (χ1n) is 7.03. The van der Waals surface area contributed by atoms with E-state index in [1.54, 1.807) is 10.9 Å². The van der Waals surface area contributed by atoms with E-state index in [4.69, 9.17) is 4.74 Å². The largest absolute Gasteiger partial charge is 0.370 e. The van der Waals surface area contributed by atoms with Gasteiger partial charge in [0.05, 0.1) is 17.2 Å². The van der Waals surface area contributed by atoms with E-state index in [2.05, 4.69) is 41.2 Å². The standard InChI is InChI=1S/C14H23N5O/c1-6-14(3,4)20-9-11-17-12(15-7-2)10-8-16-19(5)13(10)18-11/h8H,6-7,9H2,1-5H3,(H,15,17,18). The number of hydrogen-bond acceptors (Lipinski definition) is 5. The summed E-state index contributed by atoms with van der Waals surface area (Å²) in [5.74, 6) is 1.50. The predicted octanol–water partition coefficient (Wildman–Crippen LogP) is 2.50. The molecule has 6 nitrogen and oxygen atoms in total. The zero-order valence-electron chi connectivity index (χ0n) is 12.9. The van der Waals surface area contributed by atoms with Crippen LogP contribution in [0.15, 0.2) is 6.20 Å². The monoisotopic (exact) mass is 277 g/mol. The minimum absolute atomic E-state index is 0.164. The molecule has 0 amide bonds. The SMILES string of the molecule is CCNc1nc(COC(C)(C)CC)nc2c1cnn2C. The Morgan fingerprint density at radius 1 is 1.30 bits per heavy atom. The molecule has 0 fully saturated rings. The van der Waals surface area contributed by atoms with Gasteiger partial charge in [-0.3, -0.25) is 4.68 Å². The average molecular weight is 277 g/mol. The number of fused-ring (bicyclic) bond motifs is 1. The number of ether oxygens (including phenoxy) is 1. The van der Waals surface area contributed by atoms with Crippen molar-refractivity contribution >= 4 is 16.9 Å². The van der Waals surface area contributed by atoms with Gasteiger partial charge < -0.3 is 10.1 Å². The molecule has 0 aliphatic carbocycles. The van der Waals surface area contributed by atoms with Gasteiger partial charge in [0.1, 0.15) is 12.4 Å². The third kappa shape index (κ3) is 3.07. The molecule has 0 aliphatic heterocycles. The number of rotatable bonds is 6. The number of aryl methyl sites for hydroxylation is 1. The smallest absolute Gasteiger partial charge is 0.163 e. The number of nitrogens with zero attached hydrogens (tertiary/aromatic N) is 4. The Kier molecular flexibility index (Phi) is 4.23. The predicted molar refractivity (Wildman–Crippen MR) is 79.6 cm³/mol. The molecule has 1 N–H and O–H groups in total. The summed E-state index contributed by atoms with van der Waals surface area (Å²) in [6.45, 7) is 9.50. The highest BCUT2D eigenvalue weighted by Gasteiger charge is 2.17. The summed E-state index contributed by atoms with van der Waals surface area (Å²) in [7, 11) is 1.88. The summed E-state index contributed by atoms with van der Waals surface area (Å²) in [6.07, 6.45) is 2.73. The topological polar surface area (TPSA) is 64.9 Å². The molecule has 0 saturated carbocycles. The third-order valence-corrected chi connectivity index (χ3v) is 3.43. The molecule has 0 aromatic carbocycles. The summed E-state index contributed by atoms with van der Waals surface area (Å²) in [5, 5.41) is 8.43. The zero-order chi connectivity index (χ0) is 14.8. The minimum Gasteiger partial charge on any atom is -0.370 e. The third-order valence-electron chi connectivity index (χ3n) is 3.43. The Labute approximate surface area is 119 Å². The molecule has 0 unspecified atom stereocenters. The van der Waals surface area contributed by atoms with Crippen molar-refractivity contribution in [2.24, 2.45) is 7.05 Å². The molecule has 2 heterocycles. The lowest BCUT2D eigenvalue weighted by Crippen LogP contribution is -2.23. The lowest BCUT2D eigenvalue weighted by Gasteiger charge is -2.23. The summed E-state index contributed by atoms with van der Waals surface area (Å²) in [5.41, 5.74) is 0.659. The summed E-state index contributed by atoms with van der Waals surface area (Å²) in [4.78, 5) is 9.08. The van der Waals surface area contributed by atoms with Gasteiger partial charge in [0.25, 0.3) is 0 Å². The maximum atomic E-state index is 5.88. The normalized spacial score (nSPS) is 12.1. The first kappa shape index (κ1) is 14.7. The Balaban J connectivity index is 2.31. The van der Waals surface area contributed by atoms with Gasteiger partial charge in [-0.2, -0.15) is 5.10 Å². The second-order valence-electron chi connectivity index (χ2n) is 5.43. The van der Waals surface area contributed by atoms with Crippen LogP contribution in [0.1, 0.15) is 39.9 Å². The van der Waals surface area contributed by atoms with E-state index in [0.29, 0.717) is 12.4 Å². The highest BCUT2D eigenvalue weighted by Crippen LogP contribution is 2.21. The highest BCUT2D eigenvalue weighted by atomic mass is 16.5. The van der Waals surface area contributed by atoms with Crippen LogP contribution in [0.2, 0.25) is 0 Å². The number of anilines is 1. The van der Waals surface area contributed by atoms with Crippen molar-refractivity contribution in [1.82, 2.24) is 19.7 Å². The van der Waals surface area contributed by atoms with Crippen LogP contribution in [0.4, 0.5) is 5.82 Å². The van der Waals surface area contributed by atoms with E-state index in [1.807, 2.05) is 14.0 Å². The Hall–Kier alpha value is -1.69. The molecule has 2 aromatic rings. The van der Waals surface area contributed by atoms with E-state index in [1.165, 1.54) is 0 Å². The van der Waals surface area contributed by atoms with Crippen molar-refractivity contribution in [3.63, 3.8) is 0 Å². The first-order chi connectivity index (χ1) is 9.46. The van der Waals surface area contributed by atoms with Crippen molar-refractivity contribution in [3.05, 3.63) is 12.0 Å². The highest BCUT2D eigenvalue weighted by molar-refractivity contribution is 5.86. The Morgan fingerprint density at radius 2 is 2.05 bits per heavy atom. The van der Waals surface area contributed by atoms with Gasteiger partial charge in [-0.05, 0) is 27.2 Å². The van der Waals surface area contributed by atoms with Crippen LogP contribution in [0.25, 0.3) is 11.0 Å². The molecule has 0 spiro atoms. The van der Waals surface area contributed by atoms with E-state index in [-0.39, 0.29) is 5.60 Å². The van der Waals surface area contributed by atoms with Crippen LogP contribution >= 0.6 is 0 Å². The molecule has 2 aromatic heterocycles. The quantitative estimate of drug-likeness (QED) is 0.879. The van der Waals surface area contributed by atoms with Crippen molar-refractivity contribution in [2.75, 3.05) is 11.9 Å². The van der Waals surface area contributed by atoms with Gasteiger partial charge in [0, 0.05) is 13.6 Å². The number of aromatic nitrogens is 4. The second kappa shape index (κ2) is 5.75. The van der Waals surface area contributed by atoms with Gasteiger partial charge in [0.15, 0.2) is 11.5 Å². The zero-order valence-corrected chi connectivity index (χ0v) is 12.9. The molecule has 0 atom stereocenters. The van der Waals surface area contributed by atoms with Gasteiger partial charge in [0.2, 0.25) is 0 Å². The van der Waals surface area contributed by atoms with Crippen LogP contribution < -0.4 is 5.32 Å². The fraction of sp³-hybridized carbons (Fsp3) is 0.643. The van der Waals surface area contributed by atoms with Crippen LogP contribution in [-0.4, -0.2) is 31.9 Å². The summed E-state index contributed by atoms with van der Waals surface area (Å²) < 4.78 is 7.64. The van der Waals surface area contributed by atoms with Crippen molar-refractivity contribution in [1.29, 1.82) is 0 Å². The van der Waals surface area contributed by atoms with Crippen molar-refractivity contribution in [3.8, 4) is 0 Å². The van der Waals surface area contributed by atoms with Crippen LogP contribution in [-0.2, 0) is 18.4 Å². The van der Waals surface area contributed by atoms with E-state index >= 15 is 0 Å². The van der Waals surface area contributed by atoms with Gasteiger partial charge in [-0.25, -0.2) is 9.97 Å². The fourth-order valence-electron chi connectivity index (χ4n) is 1.80. The minimum atomic E-state index is -0.164. The maximum absolute atomic E-state index is 5.88. The van der Waals surface area contributed by atoms with Crippen LogP contribution in [0.3, 0.4) is 0 Å². The molecular formula is C14H23N5O. The van der Waals surface area contributed by atoms with E-state index < -0.39 is 0 Å². The molecular weight excluding hydrogens is 254 g/mol. The Bertz CT molecular complexity index is 591. The fourth-order valence-corrected chi connectivity index (χ4v) is 1.80. The van der Waals surface area contributed by atoms with E-state index in [0.717, 1.165) is 29.8 Å². The summed E-state index contributed by atoms with van der Waals surface area (Å²) in [6, 6.07) is 0. The lowest BCUT2D eigenvalue weighted by atomic mass is 10.1. The molecule has 110 valence electrons. The van der Waals surface area contributed by atoms with Crippen molar-refractivity contribution < 1.29 is 4.74 Å². The molecule has 20 heavy (non-hydrogen) atoms. The van der Waals surface area contributed by atoms with Crippen LogP contribution in [0.5, 0.6) is 0 Å². The Morgan fingerprint density at radius 3 is 2.70 bits per heavy atom. The molecule has 2 rings (SSSR count). The van der Waals surface area contributed by atoms with E-state index in [9.17, 15) is 0 Å². The molecule has 0 saturated heterocycles. The van der Waals surface area contributed by atoms with Crippen LogP contribution in [0, 0.1) is 0 Å². The lowest BCUT2D eigenvalue weighted by molar-refractivity contribution is -0.0344. The molecule has 0 aliphatic rings. The number of hydrogen-bond donors (Lipinski definition) is 1. The maximum Gasteiger partial charge on any atom is 0.163 e. The molecule has 0 bridgehead atoms. The van der Waals surface area contributed by atoms with Crippen molar-refractivity contribution in [2.45, 2.75) is 46.3 Å². The first-order valence-corrected chi connectivity index (χ1v) is 7.03.